The molecule has 102 valence electrons. The van der Waals surface area contributed by atoms with Crippen LogP contribution < -0.4 is 11.1 Å². The lowest BCUT2D eigenvalue weighted by molar-refractivity contribution is -0.122. The van der Waals surface area contributed by atoms with Crippen LogP contribution in [0, 0.1) is 5.92 Å². The second-order valence-corrected chi connectivity index (χ2v) is 4.98. The molecule has 0 saturated heterocycles. The molecule has 0 aromatic carbocycles. The minimum atomic E-state index is 0. The number of carbonyl (C=O) groups excluding carboxylic acids is 1. The van der Waals surface area contributed by atoms with Crippen molar-refractivity contribution in [2.75, 3.05) is 6.54 Å². The van der Waals surface area contributed by atoms with Crippen LogP contribution in [0.4, 0.5) is 0 Å². The number of nitrogens with two attached hydrogens (primary N) is 1. The van der Waals surface area contributed by atoms with Crippen LogP contribution in [0.3, 0.4) is 0 Å². The number of carbonyl (C=O) groups is 1. The molecule has 0 aromatic heterocycles. The van der Waals surface area contributed by atoms with Gasteiger partial charge in [-0.05, 0) is 18.8 Å². The number of unbranched alkanes of at least 4 members (excludes halogenated alkanes) is 1. The molecular weight excluding hydrogens is 236 g/mol. The maximum absolute atomic E-state index is 11.7. The van der Waals surface area contributed by atoms with Gasteiger partial charge in [-0.3, -0.25) is 4.79 Å². The Morgan fingerprint density at radius 2 is 2.18 bits per heavy atom. The second-order valence-electron chi connectivity index (χ2n) is 4.98. The van der Waals surface area contributed by atoms with Crippen LogP contribution >= 0.6 is 12.4 Å². The van der Waals surface area contributed by atoms with Gasteiger partial charge in [0.15, 0.2) is 0 Å². The molecular formula is C13H27ClN2O. The van der Waals surface area contributed by atoms with Crippen molar-refractivity contribution in [2.24, 2.45) is 11.7 Å². The zero-order valence-corrected chi connectivity index (χ0v) is 11.7. The van der Waals surface area contributed by atoms with Gasteiger partial charge in [-0.25, -0.2) is 0 Å². The van der Waals surface area contributed by atoms with E-state index in [9.17, 15) is 4.79 Å². The average molecular weight is 263 g/mol. The summed E-state index contributed by atoms with van der Waals surface area (Å²) in [4.78, 5) is 11.7. The summed E-state index contributed by atoms with van der Waals surface area (Å²) >= 11 is 0. The van der Waals surface area contributed by atoms with Crippen LogP contribution in [0.2, 0.25) is 0 Å². The van der Waals surface area contributed by atoms with E-state index in [0.29, 0.717) is 13.0 Å². The van der Waals surface area contributed by atoms with Crippen LogP contribution in [0.1, 0.15) is 58.3 Å². The number of hydrogen-bond donors (Lipinski definition) is 2. The van der Waals surface area contributed by atoms with Crippen LogP contribution in [-0.4, -0.2) is 18.5 Å². The van der Waals surface area contributed by atoms with Crippen LogP contribution in [0.5, 0.6) is 0 Å². The number of rotatable bonds is 8. The van der Waals surface area contributed by atoms with E-state index in [1.54, 1.807) is 0 Å². The first kappa shape index (κ1) is 16.7. The van der Waals surface area contributed by atoms with E-state index in [-0.39, 0.29) is 24.4 Å². The second kappa shape index (κ2) is 9.72. The van der Waals surface area contributed by atoms with Gasteiger partial charge in [0.2, 0.25) is 5.91 Å². The molecule has 1 aliphatic rings. The van der Waals surface area contributed by atoms with Gasteiger partial charge in [0.1, 0.15) is 0 Å². The zero-order chi connectivity index (χ0) is 11.8. The van der Waals surface area contributed by atoms with E-state index in [0.717, 1.165) is 31.6 Å². The quantitative estimate of drug-likeness (QED) is 0.707. The van der Waals surface area contributed by atoms with Crippen LogP contribution in [-0.2, 0) is 4.79 Å². The first-order valence-corrected chi connectivity index (χ1v) is 6.75. The fourth-order valence-electron chi connectivity index (χ4n) is 2.12. The summed E-state index contributed by atoms with van der Waals surface area (Å²) in [5.74, 6) is 1.01. The molecule has 1 rings (SSSR count). The minimum absolute atomic E-state index is 0. The molecule has 3 nitrogen and oxygen atoms in total. The maximum Gasteiger partial charge on any atom is 0.220 e. The molecule has 1 fully saturated rings. The smallest absolute Gasteiger partial charge is 0.220 e. The largest absolute Gasteiger partial charge is 0.352 e. The van der Waals surface area contributed by atoms with E-state index >= 15 is 0 Å². The molecule has 1 aliphatic carbocycles. The predicted octanol–water partition coefficient (Wildman–Crippen LogP) is 2.62. The van der Waals surface area contributed by atoms with Crippen molar-refractivity contribution >= 4 is 18.3 Å². The highest BCUT2D eigenvalue weighted by molar-refractivity contribution is 5.85. The highest BCUT2D eigenvalue weighted by atomic mass is 35.5. The molecule has 1 amide bonds. The number of halogens is 1. The Hall–Kier alpha value is -0.280. The molecule has 17 heavy (non-hydrogen) atoms. The van der Waals surface area contributed by atoms with E-state index < -0.39 is 0 Å². The minimum Gasteiger partial charge on any atom is -0.352 e. The Labute approximate surface area is 111 Å². The van der Waals surface area contributed by atoms with Gasteiger partial charge in [-0.2, -0.15) is 0 Å². The molecule has 0 aromatic rings. The lowest BCUT2D eigenvalue weighted by Gasteiger charge is -2.25. The fourth-order valence-corrected chi connectivity index (χ4v) is 2.12. The Kier molecular flexibility index (Phi) is 9.56. The van der Waals surface area contributed by atoms with Crippen molar-refractivity contribution in [1.82, 2.24) is 5.32 Å². The van der Waals surface area contributed by atoms with Gasteiger partial charge >= 0.3 is 0 Å². The molecule has 0 aliphatic heterocycles. The van der Waals surface area contributed by atoms with Crippen molar-refractivity contribution in [3.05, 3.63) is 0 Å². The topological polar surface area (TPSA) is 55.1 Å². The average Bonchev–Trinajstić information content (AvgIpc) is 2.22. The Balaban J connectivity index is 0.00000256. The van der Waals surface area contributed by atoms with Gasteiger partial charge in [0, 0.05) is 19.0 Å². The number of amides is 1. The van der Waals surface area contributed by atoms with Crippen molar-refractivity contribution in [1.29, 1.82) is 0 Å². The van der Waals surface area contributed by atoms with E-state index in [2.05, 4.69) is 12.2 Å². The summed E-state index contributed by atoms with van der Waals surface area (Å²) in [7, 11) is 0. The summed E-state index contributed by atoms with van der Waals surface area (Å²) < 4.78 is 0. The van der Waals surface area contributed by atoms with Crippen molar-refractivity contribution in [3.63, 3.8) is 0 Å². The van der Waals surface area contributed by atoms with Crippen molar-refractivity contribution in [2.45, 2.75) is 64.3 Å². The van der Waals surface area contributed by atoms with E-state index in [4.69, 9.17) is 5.73 Å². The summed E-state index contributed by atoms with van der Waals surface area (Å²) in [6.45, 7) is 2.72. The Bertz CT molecular complexity index is 208. The predicted molar refractivity (Wildman–Crippen MR) is 74.3 cm³/mol. The highest BCUT2D eigenvalue weighted by Gasteiger charge is 2.18. The van der Waals surface area contributed by atoms with Crippen LogP contribution in [0.25, 0.3) is 0 Å². The molecule has 1 atom stereocenters. The standard InChI is InChI=1S/C13H26N2O.ClH/c1-2-3-7-12(10-14)15-13(16)9-8-11-5-4-6-11;/h11-12H,2-10,14H2,1H3,(H,15,16);1H. The normalized spacial score (nSPS) is 16.8. The third-order valence-electron chi connectivity index (χ3n) is 3.56. The monoisotopic (exact) mass is 262 g/mol. The molecule has 0 radical (unpaired) electrons. The molecule has 0 bridgehead atoms. The van der Waals surface area contributed by atoms with Gasteiger partial charge in [-0.1, -0.05) is 39.0 Å². The zero-order valence-electron chi connectivity index (χ0n) is 10.9. The van der Waals surface area contributed by atoms with Gasteiger partial charge in [-0.15, -0.1) is 12.4 Å². The molecule has 0 spiro atoms. The van der Waals surface area contributed by atoms with Crippen molar-refractivity contribution in [3.8, 4) is 0 Å². The maximum atomic E-state index is 11.7. The molecule has 1 unspecified atom stereocenters. The van der Waals surface area contributed by atoms with E-state index in [1.165, 1.54) is 19.3 Å². The molecule has 3 N–H and O–H groups in total. The summed E-state index contributed by atoms with van der Waals surface area (Å²) in [5.41, 5.74) is 5.64. The third-order valence-corrected chi connectivity index (χ3v) is 3.56. The highest BCUT2D eigenvalue weighted by Crippen LogP contribution is 2.30. The SMILES string of the molecule is CCCCC(CN)NC(=O)CCC1CCC1.Cl. The first-order valence-electron chi connectivity index (χ1n) is 6.75. The molecule has 1 saturated carbocycles. The Morgan fingerprint density at radius 1 is 1.47 bits per heavy atom. The third kappa shape index (κ3) is 6.89. The Morgan fingerprint density at radius 3 is 2.65 bits per heavy atom. The first-order chi connectivity index (χ1) is 7.76. The van der Waals surface area contributed by atoms with Gasteiger partial charge in [0.25, 0.3) is 0 Å². The lowest BCUT2D eigenvalue weighted by atomic mass is 9.82. The van der Waals surface area contributed by atoms with Crippen LogP contribution in [0.15, 0.2) is 0 Å². The number of hydrogen-bond acceptors (Lipinski definition) is 2. The van der Waals surface area contributed by atoms with Gasteiger partial charge in [0.05, 0.1) is 0 Å². The molecule has 0 heterocycles. The summed E-state index contributed by atoms with van der Waals surface area (Å²) in [6, 6.07) is 0.189. The lowest BCUT2D eigenvalue weighted by Crippen LogP contribution is -2.40. The van der Waals surface area contributed by atoms with Crippen molar-refractivity contribution < 1.29 is 4.79 Å². The summed E-state index contributed by atoms with van der Waals surface area (Å²) in [6.07, 6.45) is 9.08. The number of nitrogens with one attached hydrogen (secondary N) is 1. The van der Waals surface area contributed by atoms with Gasteiger partial charge < -0.3 is 11.1 Å². The summed E-state index contributed by atoms with van der Waals surface area (Å²) in [5, 5.41) is 3.04. The van der Waals surface area contributed by atoms with E-state index in [1.807, 2.05) is 0 Å². The molecule has 4 heteroatoms. The fraction of sp³-hybridized carbons (Fsp3) is 0.923.